The van der Waals surface area contributed by atoms with Crippen molar-refractivity contribution in [3.05, 3.63) is 35.7 Å². The lowest BCUT2D eigenvalue weighted by atomic mass is 9.94. The Hall–Kier alpha value is -3.44. The number of carbonyl (C=O) groups excluding carboxylic acids is 2. The number of aromatic nitrogens is 2. The van der Waals surface area contributed by atoms with E-state index in [1.807, 2.05) is 11.8 Å². The fourth-order valence-corrected chi connectivity index (χ4v) is 5.71. The predicted molar refractivity (Wildman–Crippen MR) is 142 cm³/mol. The van der Waals surface area contributed by atoms with Crippen LogP contribution in [0.2, 0.25) is 0 Å². The Bertz CT molecular complexity index is 1300. The number of nitrogens with one attached hydrogen (secondary N) is 1. The molecule has 0 unspecified atom stereocenters. The lowest BCUT2D eigenvalue weighted by Crippen LogP contribution is -2.42. The number of amides is 2. The predicted octanol–water partition coefficient (Wildman–Crippen LogP) is 3.34. The molecule has 2 aliphatic heterocycles. The van der Waals surface area contributed by atoms with Gasteiger partial charge in [-0.25, -0.2) is 4.98 Å². The summed E-state index contributed by atoms with van der Waals surface area (Å²) in [5, 5.41) is 3.94. The smallest absolute Gasteiger partial charge is 0.257 e. The molecular weight excluding hydrogens is 494 g/mol. The summed E-state index contributed by atoms with van der Waals surface area (Å²) < 4.78 is 20.6. The van der Waals surface area contributed by atoms with E-state index in [1.54, 1.807) is 38.6 Å². The Labute approximate surface area is 219 Å². The number of nitrogens with zero attached hydrogens (tertiary/aromatic N) is 4. The third-order valence-corrected chi connectivity index (χ3v) is 7.87. The molecule has 11 heteroatoms. The maximum atomic E-state index is 13.5. The molecule has 0 bridgehead atoms. The molecule has 0 spiro atoms. The number of rotatable bonds is 6. The average Bonchev–Trinajstić information content (AvgIpc) is 3.33. The summed E-state index contributed by atoms with van der Waals surface area (Å²) >= 11 is 1.34. The number of fused-ring (bicyclic) bond motifs is 1. The summed E-state index contributed by atoms with van der Waals surface area (Å²) in [6.45, 7) is 5.45. The lowest BCUT2D eigenvalue weighted by Gasteiger charge is -2.35. The standard InChI is InChI=1S/C26H31N5O5S/c1-16-22-23(19(15-27-25(22)37-29-16)26(33)31-10-12-36-13-11-31)30-8-6-17(7-9-30)24(32)28-20-5-4-18(34-2)14-21(20)35-3/h4-5,14-15,17H,6-13H2,1-3H3,(H,28,32). The maximum Gasteiger partial charge on any atom is 0.257 e. The van der Waals surface area contributed by atoms with Gasteiger partial charge in [0.1, 0.15) is 16.3 Å². The van der Waals surface area contributed by atoms with Gasteiger partial charge in [-0.15, -0.1) is 0 Å². The normalized spacial score (nSPS) is 16.6. The van der Waals surface area contributed by atoms with Crippen molar-refractivity contribution in [2.24, 2.45) is 5.92 Å². The van der Waals surface area contributed by atoms with E-state index in [9.17, 15) is 9.59 Å². The van der Waals surface area contributed by atoms with Gasteiger partial charge in [-0.05, 0) is 43.4 Å². The number of methoxy groups -OCH3 is 2. The van der Waals surface area contributed by atoms with Crippen LogP contribution in [-0.4, -0.2) is 79.7 Å². The largest absolute Gasteiger partial charge is 0.497 e. The SMILES string of the molecule is COc1ccc(NC(=O)C2CCN(c3c(C(=O)N4CCOCC4)cnc4snc(C)c34)CC2)c(OC)c1. The minimum absolute atomic E-state index is 0.0373. The maximum absolute atomic E-state index is 13.5. The molecule has 5 rings (SSSR count). The van der Waals surface area contributed by atoms with Crippen molar-refractivity contribution in [1.82, 2.24) is 14.3 Å². The summed E-state index contributed by atoms with van der Waals surface area (Å²) in [5.74, 6) is 0.981. The number of morpholine rings is 1. The molecular formula is C26H31N5O5S. The van der Waals surface area contributed by atoms with Gasteiger partial charge < -0.3 is 29.3 Å². The molecule has 2 amide bonds. The number of pyridine rings is 1. The van der Waals surface area contributed by atoms with Crippen molar-refractivity contribution in [3.8, 4) is 11.5 Å². The van der Waals surface area contributed by atoms with Crippen LogP contribution in [-0.2, 0) is 9.53 Å². The fraction of sp³-hybridized carbons (Fsp3) is 0.462. The van der Waals surface area contributed by atoms with E-state index in [2.05, 4.69) is 19.6 Å². The Balaban J connectivity index is 1.35. The zero-order valence-corrected chi connectivity index (χ0v) is 22.1. The molecule has 4 heterocycles. The molecule has 2 saturated heterocycles. The van der Waals surface area contributed by atoms with Gasteiger partial charge in [0.2, 0.25) is 5.91 Å². The topological polar surface area (TPSA) is 106 Å². The van der Waals surface area contributed by atoms with Crippen molar-refractivity contribution in [1.29, 1.82) is 0 Å². The Morgan fingerprint density at radius 1 is 1.11 bits per heavy atom. The van der Waals surface area contributed by atoms with E-state index in [4.69, 9.17) is 14.2 Å². The van der Waals surface area contributed by atoms with Crippen LogP contribution in [0.3, 0.4) is 0 Å². The van der Waals surface area contributed by atoms with Gasteiger partial charge in [0.15, 0.2) is 0 Å². The summed E-state index contributed by atoms with van der Waals surface area (Å²) in [6, 6.07) is 5.32. The van der Waals surface area contributed by atoms with Crippen molar-refractivity contribution in [2.75, 3.05) is 63.8 Å². The molecule has 37 heavy (non-hydrogen) atoms. The van der Waals surface area contributed by atoms with E-state index in [0.717, 1.165) is 21.6 Å². The van der Waals surface area contributed by atoms with Gasteiger partial charge >= 0.3 is 0 Å². The van der Waals surface area contributed by atoms with E-state index in [1.165, 1.54) is 11.5 Å². The molecule has 2 aliphatic rings. The minimum atomic E-state index is -0.152. The van der Waals surface area contributed by atoms with E-state index in [0.29, 0.717) is 75.0 Å². The highest BCUT2D eigenvalue weighted by Gasteiger charge is 2.31. The average molecular weight is 526 g/mol. The van der Waals surface area contributed by atoms with Crippen LogP contribution < -0.4 is 19.7 Å². The van der Waals surface area contributed by atoms with Crippen LogP contribution in [0.15, 0.2) is 24.4 Å². The molecule has 2 fully saturated rings. The highest BCUT2D eigenvalue weighted by Crippen LogP contribution is 2.37. The van der Waals surface area contributed by atoms with Crippen LogP contribution in [0.5, 0.6) is 11.5 Å². The van der Waals surface area contributed by atoms with Crippen LogP contribution in [0.4, 0.5) is 11.4 Å². The van der Waals surface area contributed by atoms with Crippen molar-refractivity contribution < 1.29 is 23.8 Å². The van der Waals surface area contributed by atoms with Crippen LogP contribution in [0.1, 0.15) is 28.9 Å². The third-order valence-electron chi connectivity index (χ3n) is 7.02. The molecule has 3 aromatic rings. The fourth-order valence-electron chi connectivity index (χ4n) is 4.96. The number of aryl methyl sites for hydroxylation is 1. The Morgan fingerprint density at radius 2 is 1.86 bits per heavy atom. The Kier molecular flexibility index (Phi) is 7.43. The second-order valence-electron chi connectivity index (χ2n) is 9.19. The molecule has 10 nitrogen and oxygen atoms in total. The summed E-state index contributed by atoms with van der Waals surface area (Å²) in [7, 11) is 3.15. The van der Waals surface area contributed by atoms with Gasteiger partial charge in [-0.2, -0.15) is 4.37 Å². The minimum Gasteiger partial charge on any atom is -0.497 e. The third kappa shape index (κ3) is 5.05. The first-order valence-electron chi connectivity index (χ1n) is 12.4. The van der Waals surface area contributed by atoms with Crippen molar-refractivity contribution in [2.45, 2.75) is 19.8 Å². The molecule has 2 aromatic heterocycles. The zero-order valence-electron chi connectivity index (χ0n) is 21.3. The summed E-state index contributed by atoms with van der Waals surface area (Å²) in [5.41, 5.74) is 2.95. The van der Waals surface area contributed by atoms with Crippen LogP contribution >= 0.6 is 11.5 Å². The number of anilines is 2. The number of carbonyl (C=O) groups is 2. The Morgan fingerprint density at radius 3 is 2.57 bits per heavy atom. The number of piperidine rings is 1. The van der Waals surface area contributed by atoms with Gasteiger partial charge in [0, 0.05) is 44.4 Å². The number of ether oxygens (including phenoxy) is 3. The van der Waals surface area contributed by atoms with Gasteiger partial charge in [-0.1, -0.05) is 0 Å². The second kappa shape index (κ2) is 10.9. The van der Waals surface area contributed by atoms with Crippen LogP contribution in [0.25, 0.3) is 10.2 Å². The molecule has 0 atom stereocenters. The molecule has 196 valence electrons. The molecule has 1 N–H and O–H groups in total. The number of benzene rings is 1. The monoisotopic (exact) mass is 525 g/mol. The highest BCUT2D eigenvalue weighted by molar-refractivity contribution is 7.13. The van der Waals surface area contributed by atoms with Crippen molar-refractivity contribution in [3.63, 3.8) is 0 Å². The molecule has 0 saturated carbocycles. The van der Waals surface area contributed by atoms with E-state index >= 15 is 0 Å². The van der Waals surface area contributed by atoms with Gasteiger partial charge in [0.05, 0.1) is 55.5 Å². The molecule has 1 aromatic carbocycles. The second-order valence-corrected chi connectivity index (χ2v) is 9.94. The number of hydrogen-bond acceptors (Lipinski definition) is 9. The van der Waals surface area contributed by atoms with E-state index in [-0.39, 0.29) is 17.7 Å². The first kappa shape index (κ1) is 25.2. The van der Waals surface area contributed by atoms with Crippen molar-refractivity contribution >= 4 is 44.9 Å². The molecule has 0 aliphatic carbocycles. The zero-order chi connectivity index (χ0) is 25.9. The number of hydrogen-bond donors (Lipinski definition) is 1. The van der Waals surface area contributed by atoms with Crippen LogP contribution in [0, 0.1) is 12.8 Å². The summed E-state index contributed by atoms with van der Waals surface area (Å²) in [4.78, 5) is 36.1. The van der Waals surface area contributed by atoms with Gasteiger partial charge in [-0.3, -0.25) is 9.59 Å². The highest BCUT2D eigenvalue weighted by atomic mass is 32.1. The van der Waals surface area contributed by atoms with Gasteiger partial charge in [0.25, 0.3) is 5.91 Å². The summed E-state index contributed by atoms with van der Waals surface area (Å²) in [6.07, 6.45) is 3.01. The quantitative estimate of drug-likeness (QED) is 0.522. The molecule has 0 radical (unpaired) electrons. The lowest BCUT2D eigenvalue weighted by molar-refractivity contribution is -0.120. The first-order chi connectivity index (χ1) is 18.0. The first-order valence-corrected chi connectivity index (χ1v) is 13.2. The van der Waals surface area contributed by atoms with E-state index < -0.39 is 0 Å².